The Balaban J connectivity index is 2.45. The number of hydrogen-bond acceptors (Lipinski definition) is 2. The van der Waals surface area contributed by atoms with Crippen molar-refractivity contribution in [3.63, 3.8) is 0 Å². The summed E-state index contributed by atoms with van der Waals surface area (Å²) < 4.78 is 57.9. The highest BCUT2D eigenvalue weighted by Gasteiger charge is 2.36. The fourth-order valence-corrected chi connectivity index (χ4v) is 2.10. The van der Waals surface area contributed by atoms with E-state index in [1.165, 1.54) is 18.4 Å². The van der Waals surface area contributed by atoms with E-state index >= 15 is 0 Å². The lowest BCUT2D eigenvalue weighted by Crippen LogP contribution is -2.24. The normalized spacial score (nSPS) is 13.4. The van der Waals surface area contributed by atoms with Crippen LogP contribution in [-0.4, -0.2) is 6.54 Å². The zero-order valence-corrected chi connectivity index (χ0v) is 11.4. The molecule has 1 N–H and O–H groups in total. The van der Waals surface area contributed by atoms with Gasteiger partial charge in [0.2, 0.25) is 0 Å². The summed E-state index contributed by atoms with van der Waals surface area (Å²) in [5.74, 6) is -0.892. The minimum Gasteiger partial charge on any atom is -0.467 e. The molecule has 1 heterocycles. The summed E-state index contributed by atoms with van der Waals surface area (Å²) in [6, 6.07) is 5.74. The maximum atomic E-state index is 14.2. The van der Waals surface area contributed by atoms with Gasteiger partial charge in [-0.05, 0) is 31.2 Å². The van der Waals surface area contributed by atoms with E-state index in [-0.39, 0.29) is 5.56 Å². The maximum Gasteiger partial charge on any atom is 0.419 e. The van der Waals surface area contributed by atoms with E-state index in [1.54, 1.807) is 12.1 Å². The van der Waals surface area contributed by atoms with E-state index in [9.17, 15) is 17.6 Å². The molecule has 2 rings (SSSR count). The molecule has 0 fully saturated rings. The number of hydrogen-bond donors (Lipinski definition) is 1. The Kier molecular flexibility index (Phi) is 4.67. The van der Waals surface area contributed by atoms with E-state index in [1.807, 2.05) is 6.92 Å². The van der Waals surface area contributed by atoms with E-state index in [0.717, 1.165) is 12.5 Å². The first kappa shape index (κ1) is 15.6. The van der Waals surface area contributed by atoms with Gasteiger partial charge in [0, 0.05) is 5.56 Å². The Morgan fingerprint density at radius 2 is 1.95 bits per heavy atom. The van der Waals surface area contributed by atoms with Crippen molar-refractivity contribution in [2.24, 2.45) is 0 Å². The molecule has 0 radical (unpaired) electrons. The molecule has 0 aliphatic carbocycles. The van der Waals surface area contributed by atoms with Crippen LogP contribution in [0.1, 0.15) is 36.3 Å². The van der Waals surface area contributed by atoms with Crippen LogP contribution in [0.15, 0.2) is 41.0 Å². The molecule has 0 amide bonds. The van der Waals surface area contributed by atoms with Crippen molar-refractivity contribution in [2.75, 3.05) is 6.54 Å². The highest BCUT2D eigenvalue weighted by Crippen LogP contribution is 2.35. The summed E-state index contributed by atoms with van der Waals surface area (Å²) in [5, 5.41) is 3.01. The molecule has 6 heteroatoms. The van der Waals surface area contributed by atoms with Gasteiger partial charge in [-0.15, -0.1) is 0 Å². The van der Waals surface area contributed by atoms with Crippen molar-refractivity contribution in [3.05, 3.63) is 59.3 Å². The van der Waals surface area contributed by atoms with Crippen molar-refractivity contribution in [1.29, 1.82) is 0 Å². The second-order valence-electron chi connectivity index (χ2n) is 4.61. The van der Waals surface area contributed by atoms with Crippen LogP contribution >= 0.6 is 0 Å². The zero-order valence-electron chi connectivity index (χ0n) is 11.4. The first-order valence-electron chi connectivity index (χ1n) is 6.57. The van der Waals surface area contributed by atoms with Gasteiger partial charge in [-0.1, -0.05) is 19.1 Å². The predicted molar refractivity (Wildman–Crippen MR) is 70.2 cm³/mol. The average molecular weight is 301 g/mol. The summed E-state index contributed by atoms with van der Waals surface area (Å²) in [4.78, 5) is 0. The minimum absolute atomic E-state index is 0.0757. The molecule has 2 nitrogen and oxygen atoms in total. The smallest absolute Gasteiger partial charge is 0.419 e. The third-order valence-corrected chi connectivity index (χ3v) is 3.07. The Morgan fingerprint density at radius 1 is 1.19 bits per heavy atom. The molecule has 0 bridgehead atoms. The third kappa shape index (κ3) is 3.44. The number of furan rings is 1. The molecule has 0 spiro atoms. The number of benzene rings is 1. The first-order valence-corrected chi connectivity index (χ1v) is 6.57. The quantitative estimate of drug-likeness (QED) is 0.821. The largest absolute Gasteiger partial charge is 0.467 e. The Bertz CT molecular complexity index is 578. The molecule has 0 aliphatic heterocycles. The third-order valence-electron chi connectivity index (χ3n) is 3.07. The van der Waals surface area contributed by atoms with Crippen LogP contribution in [0.2, 0.25) is 0 Å². The molecule has 0 aliphatic rings. The summed E-state index contributed by atoms with van der Waals surface area (Å²) in [7, 11) is 0. The molecule has 21 heavy (non-hydrogen) atoms. The van der Waals surface area contributed by atoms with Gasteiger partial charge >= 0.3 is 6.18 Å². The highest BCUT2D eigenvalue weighted by atomic mass is 19.4. The van der Waals surface area contributed by atoms with Crippen LogP contribution < -0.4 is 5.32 Å². The summed E-state index contributed by atoms with van der Waals surface area (Å²) >= 11 is 0. The van der Waals surface area contributed by atoms with Gasteiger partial charge in [-0.2, -0.15) is 13.2 Å². The number of nitrogens with one attached hydrogen (secondary N) is 1. The van der Waals surface area contributed by atoms with E-state index < -0.39 is 23.6 Å². The number of alkyl halides is 3. The van der Waals surface area contributed by atoms with Crippen LogP contribution in [0.25, 0.3) is 0 Å². The van der Waals surface area contributed by atoms with E-state index in [4.69, 9.17) is 4.42 Å². The van der Waals surface area contributed by atoms with Crippen LogP contribution in [0.4, 0.5) is 17.6 Å². The lowest BCUT2D eigenvalue weighted by Gasteiger charge is -2.19. The molecule has 2 aromatic rings. The Hall–Kier alpha value is -1.82. The van der Waals surface area contributed by atoms with Crippen molar-refractivity contribution in [2.45, 2.75) is 25.6 Å². The monoisotopic (exact) mass is 301 g/mol. The molecule has 0 saturated heterocycles. The second kappa shape index (κ2) is 6.30. The van der Waals surface area contributed by atoms with Crippen molar-refractivity contribution in [1.82, 2.24) is 5.32 Å². The molecule has 1 aromatic heterocycles. The lowest BCUT2D eigenvalue weighted by atomic mass is 10.0. The number of rotatable bonds is 5. The van der Waals surface area contributed by atoms with Crippen LogP contribution in [-0.2, 0) is 6.18 Å². The van der Waals surface area contributed by atoms with Gasteiger partial charge in [0.15, 0.2) is 0 Å². The van der Waals surface area contributed by atoms with Crippen LogP contribution in [0.5, 0.6) is 0 Å². The molecule has 1 aromatic carbocycles. The van der Waals surface area contributed by atoms with Crippen LogP contribution in [0.3, 0.4) is 0 Å². The molecular weight excluding hydrogens is 286 g/mol. The zero-order chi connectivity index (χ0) is 15.5. The molecule has 1 unspecified atom stereocenters. The average Bonchev–Trinajstić information content (AvgIpc) is 2.93. The Labute approximate surface area is 119 Å². The molecule has 0 saturated carbocycles. The molecular formula is C15H15F4NO. The Morgan fingerprint density at radius 3 is 2.52 bits per heavy atom. The van der Waals surface area contributed by atoms with Crippen LogP contribution in [0, 0.1) is 5.82 Å². The summed E-state index contributed by atoms with van der Waals surface area (Å²) in [6.07, 6.45) is -2.56. The van der Waals surface area contributed by atoms with Gasteiger partial charge in [0.1, 0.15) is 11.6 Å². The van der Waals surface area contributed by atoms with Gasteiger partial charge in [-0.3, -0.25) is 0 Å². The topological polar surface area (TPSA) is 25.2 Å². The number of halogens is 4. The fourth-order valence-electron chi connectivity index (χ4n) is 2.10. The lowest BCUT2D eigenvalue weighted by molar-refractivity contribution is -0.140. The summed E-state index contributed by atoms with van der Waals surface area (Å²) in [5.41, 5.74) is -1.34. The van der Waals surface area contributed by atoms with Crippen molar-refractivity contribution < 1.29 is 22.0 Å². The molecule has 114 valence electrons. The van der Waals surface area contributed by atoms with Gasteiger partial charge in [0.25, 0.3) is 0 Å². The van der Waals surface area contributed by atoms with Crippen molar-refractivity contribution >= 4 is 0 Å². The van der Waals surface area contributed by atoms with Gasteiger partial charge in [-0.25, -0.2) is 4.39 Å². The first-order chi connectivity index (χ1) is 9.95. The highest BCUT2D eigenvalue weighted by molar-refractivity contribution is 5.34. The fraction of sp³-hybridized carbons (Fsp3) is 0.333. The minimum atomic E-state index is -4.72. The second-order valence-corrected chi connectivity index (χ2v) is 4.61. The van der Waals surface area contributed by atoms with E-state index in [0.29, 0.717) is 12.3 Å². The summed E-state index contributed by atoms with van der Waals surface area (Å²) in [6.45, 7) is 2.44. The predicted octanol–water partition coefficient (Wildman–Crippen LogP) is 4.53. The SMILES string of the molecule is CCCNC(c1ccco1)c1cccc(C(F)(F)F)c1F. The van der Waals surface area contributed by atoms with Crippen molar-refractivity contribution in [3.8, 4) is 0 Å². The van der Waals surface area contributed by atoms with E-state index in [2.05, 4.69) is 5.32 Å². The van der Waals surface area contributed by atoms with Gasteiger partial charge < -0.3 is 9.73 Å². The molecule has 1 atom stereocenters. The standard InChI is InChI=1S/C15H15F4NO/c1-2-8-20-14(12-7-4-9-21-12)10-5-3-6-11(13(10)16)15(17,18)19/h3-7,9,14,20H,2,8H2,1H3. The maximum absolute atomic E-state index is 14.2. The van der Waals surface area contributed by atoms with Gasteiger partial charge in [0.05, 0.1) is 17.9 Å².